The highest BCUT2D eigenvalue weighted by Crippen LogP contribution is 2.14. The molecule has 0 saturated heterocycles. The van der Waals surface area contributed by atoms with Gasteiger partial charge in [-0.3, -0.25) is 4.79 Å². The minimum atomic E-state index is -2.94. The van der Waals surface area contributed by atoms with E-state index in [2.05, 4.69) is 15.2 Å². The summed E-state index contributed by atoms with van der Waals surface area (Å²) < 4.78 is 29.2. The van der Waals surface area contributed by atoms with Gasteiger partial charge in [0.1, 0.15) is 0 Å². The fraction of sp³-hybridized carbons (Fsp3) is 0.500. The summed E-state index contributed by atoms with van der Waals surface area (Å²) in [5.74, 6) is -0.598. The third-order valence-corrected chi connectivity index (χ3v) is 1.90. The molecular weight excluding hydrogens is 256 g/mol. The van der Waals surface area contributed by atoms with Crippen molar-refractivity contribution in [2.24, 2.45) is 7.05 Å². The summed E-state index contributed by atoms with van der Waals surface area (Å²) in [5.41, 5.74) is 0.0349. The van der Waals surface area contributed by atoms with Gasteiger partial charge in [-0.05, 0) is 6.92 Å². The Kier molecular flexibility index (Phi) is 8.15. The summed E-state index contributed by atoms with van der Waals surface area (Å²) in [6, 6.07) is 1.16. The number of carbonyl (C=O) groups is 1. The quantitative estimate of drug-likeness (QED) is 0.839. The van der Waals surface area contributed by atoms with Crippen LogP contribution in [0.25, 0.3) is 0 Å². The Hall–Kier alpha value is -1.92. The molecule has 1 aromatic rings. The summed E-state index contributed by atoms with van der Waals surface area (Å²) in [5, 5.41) is 6.31. The Morgan fingerprint density at radius 3 is 2.74 bits per heavy atom. The highest BCUT2D eigenvalue weighted by atomic mass is 19.3. The SMILES string of the molecule is C/C=C/CNC(=O)c1cc(OC(F)F)n(C)n1.CC. The number of hydrogen-bond donors (Lipinski definition) is 1. The molecule has 0 aliphatic rings. The summed E-state index contributed by atoms with van der Waals surface area (Å²) in [4.78, 5) is 11.5. The maximum Gasteiger partial charge on any atom is 0.388 e. The van der Waals surface area contributed by atoms with Gasteiger partial charge in [0, 0.05) is 19.7 Å². The molecule has 0 aromatic carbocycles. The van der Waals surface area contributed by atoms with E-state index in [9.17, 15) is 13.6 Å². The van der Waals surface area contributed by atoms with Crippen LogP contribution in [0.1, 0.15) is 31.3 Å². The molecule has 1 N–H and O–H groups in total. The van der Waals surface area contributed by atoms with Crippen molar-refractivity contribution in [2.45, 2.75) is 27.4 Å². The number of aryl methyl sites for hydroxylation is 1. The molecule has 1 heterocycles. The van der Waals surface area contributed by atoms with E-state index in [4.69, 9.17) is 0 Å². The molecule has 0 aliphatic heterocycles. The maximum absolute atomic E-state index is 12.0. The molecular formula is C12H19F2N3O2. The van der Waals surface area contributed by atoms with Crippen LogP contribution in [0.4, 0.5) is 8.78 Å². The lowest BCUT2D eigenvalue weighted by Crippen LogP contribution is -2.23. The molecule has 0 aliphatic carbocycles. The van der Waals surface area contributed by atoms with Crippen LogP contribution in [0.3, 0.4) is 0 Å². The third-order valence-electron chi connectivity index (χ3n) is 1.90. The fourth-order valence-electron chi connectivity index (χ4n) is 1.12. The normalized spacial score (nSPS) is 10.3. The number of halogens is 2. The van der Waals surface area contributed by atoms with Crippen LogP contribution in [0.2, 0.25) is 0 Å². The second-order valence-electron chi connectivity index (χ2n) is 3.15. The van der Waals surface area contributed by atoms with Gasteiger partial charge in [0.25, 0.3) is 5.91 Å². The first kappa shape index (κ1) is 17.1. The van der Waals surface area contributed by atoms with Crippen LogP contribution >= 0.6 is 0 Å². The lowest BCUT2D eigenvalue weighted by Gasteiger charge is -2.01. The van der Waals surface area contributed by atoms with Crippen LogP contribution in [0.5, 0.6) is 5.88 Å². The number of aromatic nitrogens is 2. The van der Waals surface area contributed by atoms with Crippen LogP contribution in [0, 0.1) is 0 Å². The first-order valence-corrected chi connectivity index (χ1v) is 5.92. The van der Waals surface area contributed by atoms with Crippen LogP contribution < -0.4 is 10.1 Å². The number of carbonyl (C=O) groups excluding carboxylic acids is 1. The third kappa shape index (κ3) is 5.98. The van der Waals surface area contributed by atoms with E-state index in [1.54, 1.807) is 12.2 Å². The molecule has 0 saturated carbocycles. The number of hydrogen-bond acceptors (Lipinski definition) is 3. The van der Waals surface area contributed by atoms with Gasteiger partial charge in [-0.25, -0.2) is 4.68 Å². The summed E-state index contributed by atoms with van der Waals surface area (Å²) in [6.45, 7) is 3.24. The number of nitrogens with zero attached hydrogens (tertiary/aromatic N) is 2. The standard InChI is InChI=1S/C10H13F2N3O2.C2H6/c1-3-4-5-13-9(16)7-6-8(15(2)14-7)17-10(11)12;1-2/h3-4,6,10H,5H2,1-2H3,(H,13,16);1-2H3/b4-3+;. The molecule has 0 unspecified atom stereocenters. The minimum absolute atomic E-state index is 0.0349. The lowest BCUT2D eigenvalue weighted by atomic mass is 10.4. The zero-order chi connectivity index (χ0) is 14.8. The molecule has 19 heavy (non-hydrogen) atoms. The van der Waals surface area contributed by atoms with Gasteiger partial charge in [-0.15, -0.1) is 0 Å². The van der Waals surface area contributed by atoms with Gasteiger partial charge in [-0.1, -0.05) is 26.0 Å². The average molecular weight is 275 g/mol. The van der Waals surface area contributed by atoms with Crippen LogP contribution in [-0.2, 0) is 7.05 Å². The topological polar surface area (TPSA) is 56.1 Å². The molecule has 0 atom stereocenters. The molecule has 0 fully saturated rings. The molecule has 1 aromatic heterocycles. The van der Waals surface area contributed by atoms with Crippen molar-refractivity contribution >= 4 is 5.91 Å². The van der Waals surface area contributed by atoms with E-state index in [-0.39, 0.29) is 11.6 Å². The van der Waals surface area contributed by atoms with E-state index in [0.29, 0.717) is 6.54 Å². The molecule has 0 spiro atoms. The molecule has 0 bridgehead atoms. The van der Waals surface area contributed by atoms with Gasteiger partial charge in [0.05, 0.1) is 0 Å². The second-order valence-corrected chi connectivity index (χ2v) is 3.15. The van der Waals surface area contributed by atoms with Crippen molar-refractivity contribution < 1.29 is 18.3 Å². The number of ether oxygens (including phenoxy) is 1. The minimum Gasteiger partial charge on any atom is -0.417 e. The van der Waals surface area contributed by atoms with Crippen LogP contribution in [-0.4, -0.2) is 28.8 Å². The first-order chi connectivity index (χ1) is 9.04. The number of allylic oxidation sites excluding steroid dienone is 1. The molecule has 7 heteroatoms. The largest absolute Gasteiger partial charge is 0.417 e. The number of alkyl halides is 2. The monoisotopic (exact) mass is 275 g/mol. The molecule has 108 valence electrons. The Morgan fingerprint density at radius 2 is 2.21 bits per heavy atom. The number of nitrogens with one attached hydrogen (secondary N) is 1. The van der Waals surface area contributed by atoms with E-state index in [1.807, 2.05) is 20.8 Å². The van der Waals surface area contributed by atoms with E-state index < -0.39 is 12.5 Å². The van der Waals surface area contributed by atoms with Crippen molar-refractivity contribution in [3.8, 4) is 5.88 Å². The lowest BCUT2D eigenvalue weighted by molar-refractivity contribution is -0.0553. The van der Waals surface area contributed by atoms with Crippen molar-refractivity contribution in [3.05, 3.63) is 23.9 Å². The zero-order valence-electron chi connectivity index (χ0n) is 11.5. The Balaban J connectivity index is 0.00000154. The molecule has 1 amide bonds. The summed E-state index contributed by atoms with van der Waals surface area (Å²) >= 11 is 0. The molecule has 0 radical (unpaired) electrons. The number of amides is 1. The Bertz CT molecular complexity index is 417. The predicted octanol–water partition coefficient (Wildman–Crippen LogP) is 2.35. The first-order valence-electron chi connectivity index (χ1n) is 5.92. The van der Waals surface area contributed by atoms with Gasteiger partial charge in [-0.2, -0.15) is 13.9 Å². The molecule has 5 nitrogen and oxygen atoms in total. The van der Waals surface area contributed by atoms with Gasteiger partial charge in [0.2, 0.25) is 5.88 Å². The van der Waals surface area contributed by atoms with Gasteiger partial charge >= 0.3 is 6.61 Å². The second kappa shape index (κ2) is 9.07. The zero-order valence-corrected chi connectivity index (χ0v) is 11.5. The van der Waals surface area contributed by atoms with Crippen LogP contribution in [0.15, 0.2) is 18.2 Å². The highest BCUT2D eigenvalue weighted by molar-refractivity contribution is 5.92. The van der Waals surface area contributed by atoms with E-state index in [0.717, 1.165) is 10.7 Å². The van der Waals surface area contributed by atoms with Gasteiger partial charge < -0.3 is 10.1 Å². The highest BCUT2D eigenvalue weighted by Gasteiger charge is 2.15. The van der Waals surface area contributed by atoms with E-state index in [1.165, 1.54) is 7.05 Å². The van der Waals surface area contributed by atoms with E-state index >= 15 is 0 Å². The number of rotatable bonds is 5. The van der Waals surface area contributed by atoms with Crippen molar-refractivity contribution in [3.63, 3.8) is 0 Å². The smallest absolute Gasteiger partial charge is 0.388 e. The fourth-order valence-corrected chi connectivity index (χ4v) is 1.12. The van der Waals surface area contributed by atoms with Crippen molar-refractivity contribution in [2.75, 3.05) is 6.54 Å². The molecule has 1 rings (SSSR count). The Morgan fingerprint density at radius 1 is 1.58 bits per heavy atom. The average Bonchev–Trinajstić information content (AvgIpc) is 2.73. The van der Waals surface area contributed by atoms with Gasteiger partial charge in [0.15, 0.2) is 5.69 Å². The predicted molar refractivity (Wildman–Crippen MR) is 68.3 cm³/mol. The summed E-state index contributed by atoms with van der Waals surface area (Å²) in [7, 11) is 1.42. The van der Waals surface area contributed by atoms with Crippen molar-refractivity contribution in [1.82, 2.24) is 15.1 Å². The Labute approximate surface area is 111 Å². The maximum atomic E-state index is 12.0. The van der Waals surface area contributed by atoms with Crippen molar-refractivity contribution in [1.29, 1.82) is 0 Å². The summed E-state index contributed by atoms with van der Waals surface area (Å²) in [6.07, 6.45) is 3.53.